The molecule has 0 amide bonds. The van der Waals surface area contributed by atoms with Crippen LogP contribution in [0.3, 0.4) is 0 Å². The van der Waals surface area contributed by atoms with Gasteiger partial charge in [0.15, 0.2) is 0 Å². The maximum absolute atomic E-state index is 11.0. The van der Waals surface area contributed by atoms with E-state index in [1.807, 2.05) is 0 Å². The van der Waals surface area contributed by atoms with Gasteiger partial charge in [0, 0.05) is 6.16 Å². The van der Waals surface area contributed by atoms with E-state index in [1.165, 1.54) is 12.2 Å². The number of halogens is 1. The highest BCUT2D eigenvalue weighted by Crippen LogP contribution is 2.48. The van der Waals surface area contributed by atoms with Crippen LogP contribution in [0.15, 0.2) is 25.3 Å². The summed E-state index contributed by atoms with van der Waals surface area (Å²) in [4.78, 5) is 9.06. The Hall–Kier alpha value is -0.0400. The predicted molar refractivity (Wildman–Crippen MR) is 44.7 cm³/mol. The maximum Gasteiger partial charge on any atom is 0.225 e. The van der Waals surface area contributed by atoms with Gasteiger partial charge in [-0.05, 0) is 0 Å². The average molecular weight is 181 g/mol. The van der Waals surface area contributed by atoms with Crippen molar-refractivity contribution in [2.75, 3.05) is 6.16 Å². The highest BCUT2D eigenvalue weighted by molar-refractivity contribution is 7.61. The molecule has 0 saturated carbocycles. The van der Waals surface area contributed by atoms with Crippen LogP contribution in [-0.2, 0) is 4.57 Å². The van der Waals surface area contributed by atoms with Gasteiger partial charge in [0.05, 0.1) is 0 Å². The highest BCUT2D eigenvalue weighted by atomic mass is 35.5. The molecule has 0 aromatic rings. The Morgan fingerprint density at radius 3 is 2.50 bits per heavy atom. The third-order valence-electron chi connectivity index (χ3n) is 0.971. The van der Waals surface area contributed by atoms with E-state index < -0.39 is 12.5 Å². The standard InChI is InChI=1S/C6H10ClO2P/c1-3-5-10(8,9)6(7)4-2/h3-4,6H,1-2,5H2,(H,8,9). The molecular formula is C6H10ClO2P. The largest absolute Gasteiger partial charge is 0.343 e. The molecule has 2 unspecified atom stereocenters. The van der Waals surface area contributed by atoms with Crippen LogP contribution < -0.4 is 0 Å². The molecule has 4 heteroatoms. The summed E-state index contributed by atoms with van der Waals surface area (Å²) in [6.07, 6.45) is 2.67. The van der Waals surface area contributed by atoms with E-state index in [0.29, 0.717) is 0 Å². The van der Waals surface area contributed by atoms with Gasteiger partial charge in [0.1, 0.15) is 5.12 Å². The van der Waals surface area contributed by atoms with Crippen LogP contribution in [0.1, 0.15) is 0 Å². The van der Waals surface area contributed by atoms with Gasteiger partial charge in [-0.3, -0.25) is 4.57 Å². The Morgan fingerprint density at radius 2 is 2.20 bits per heavy atom. The van der Waals surface area contributed by atoms with Crippen LogP contribution in [0.4, 0.5) is 0 Å². The summed E-state index contributed by atoms with van der Waals surface area (Å²) in [5, 5.41) is -0.856. The molecule has 10 heavy (non-hydrogen) atoms. The first-order valence-corrected chi connectivity index (χ1v) is 5.08. The van der Waals surface area contributed by atoms with E-state index >= 15 is 0 Å². The second-order valence-corrected chi connectivity index (χ2v) is 5.04. The summed E-state index contributed by atoms with van der Waals surface area (Å²) in [6, 6.07) is 0. The van der Waals surface area contributed by atoms with Gasteiger partial charge in [-0.2, -0.15) is 0 Å². The molecule has 0 aromatic carbocycles. The molecule has 0 aliphatic rings. The Labute approximate surface area is 65.7 Å². The third kappa shape index (κ3) is 2.70. The summed E-state index contributed by atoms with van der Waals surface area (Å²) in [5.41, 5.74) is 0. The van der Waals surface area contributed by atoms with Gasteiger partial charge >= 0.3 is 0 Å². The predicted octanol–water partition coefficient (Wildman–Crippen LogP) is 2.19. The lowest BCUT2D eigenvalue weighted by atomic mass is 10.7. The molecular weight excluding hydrogens is 170 g/mol. The lowest BCUT2D eigenvalue weighted by Crippen LogP contribution is -1.97. The summed E-state index contributed by atoms with van der Waals surface area (Å²) in [5.74, 6) is 0. The van der Waals surface area contributed by atoms with Crippen molar-refractivity contribution in [2.45, 2.75) is 5.12 Å². The second-order valence-electron chi connectivity index (χ2n) is 1.84. The number of alkyl halides is 1. The summed E-state index contributed by atoms with van der Waals surface area (Å²) in [7, 11) is -3.25. The Bertz CT molecular complexity index is 179. The van der Waals surface area contributed by atoms with Crippen LogP contribution in [0.25, 0.3) is 0 Å². The number of hydrogen-bond donors (Lipinski definition) is 1. The number of hydrogen-bond acceptors (Lipinski definition) is 1. The smallest absolute Gasteiger partial charge is 0.225 e. The SMILES string of the molecule is C=CCP(=O)(O)C(Cl)C=C. The molecule has 0 fully saturated rings. The molecule has 0 radical (unpaired) electrons. The van der Waals surface area contributed by atoms with E-state index in [1.54, 1.807) is 0 Å². The minimum Gasteiger partial charge on any atom is -0.343 e. The quantitative estimate of drug-likeness (QED) is 0.409. The summed E-state index contributed by atoms with van der Waals surface area (Å²) in [6.45, 7) is 6.65. The van der Waals surface area contributed by atoms with E-state index in [-0.39, 0.29) is 6.16 Å². The minimum atomic E-state index is -3.25. The van der Waals surface area contributed by atoms with Crippen LogP contribution in [-0.4, -0.2) is 16.2 Å². The molecule has 0 saturated heterocycles. The first-order valence-electron chi connectivity index (χ1n) is 2.73. The maximum atomic E-state index is 11.0. The summed E-state index contributed by atoms with van der Waals surface area (Å²) < 4.78 is 11.0. The monoisotopic (exact) mass is 180 g/mol. The van der Waals surface area contributed by atoms with Gasteiger partial charge in [-0.15, -0.1) is 24.8 Å². The molecule has 0 aliphatic carbocycles. The average Bonchev–Trinajstić information content (AvgIpc) is 1.86. The molecule has 2 atom stereocenters. The normalized spacial score (nSPS) is 19.0. The first kappa shape index (κ1) is 9.96. The summed E-state index contributed by atoms with van der Waals surface area (Å²) >= 11 is 5.46. The second kappa shape index (κ2) is 3.97. The Balaban J connectivity index is 4.23. The zero-order valence-electron chi connectivity index (χ0n) is 5.53. The van der Waals surface area contributed by atoms with Gasteiger partial charge < -0.3 is 4.89 Å². The zero-order chi connectivity index (χ0) is 8.20. The van der Waals surface area contributed by atoms with Crippen LogP contribution in [0.5, 0.6) is 0 Å². The van der Waals surface area contributed by atoms with Crippen LogP contribution in [0.2, 0.25) is 0 Å². The van der Waals surface area contributed by atoms with Crippen molar-refractivity contribution in [1.29, 1.82) is 0 Å². The van der Waals surface area contributed by atoms with Crippen molar-refractivity contribution in [2.24, 2.45) is 0 Å². The molecule has 58 valence electrons. The minimum absolute atomic E-state index is 0.0349. The molecule has 0 aliphatic heterocycles. The van der Waals surface area contributed by atoms with Gasteiger partial charge in [-0.1, -0.05) is 12.2 Å². The molecule has 0 spiro atoms. The van der Waals surface area contributed by atoms with Gasteiger partial charge in [-0.25, -0.2) is 0 Å². The van der Waals surface area contributed by atoms with E-state index in [4.69, 9.17) is 16.5 Å². The molecule has 2 nitrogen and oxygen atoms in total. The number of rotatable bonds is 4. The molecule has 0 heterocycles. The van der Waals surface area contributed by atoms with Gasteiger partial charge in [0.2, 0.25) is 7.37 Å². The van der Waals surface area contributed by atoms with E-state index in [2.05, 4.69) is 13.2 Å². The fourth-order valence-corrected chi connectivity index (χ4v) is 1.59. The van der Waals surface area contributed by atoms with Crippen molar-refractivity contribution >= 4 is 19.0 Å². The zero-order valence-corrected chi connectivity index (χ0v) is 7.18. The molecule has 0 rings (SSSR count). The molecule has 1 N–H and O–H groups in total. The van der Waals surface area contributed by atoms with E-state index in [0.717, 1.165) is 0 Å². The van der Waals surface area contributed by atoms with Gasteiger partial charge in [0.25, 0.3) is 0 Å². The van der Waals surface area contributed by atoms with Crippen molar-refractivity contribution in [3.63, 3.8) is 0 Å². The van der Waals surface area contributed by atoms with Crippen LogP contribution >= 0.6 is 19.0 Å². The lowest BCUT2D eigenvalue weighted by molar-refractivity contribution is 0.482. The fourth-order valence-electron chi connectivity index (χ4n) is 0.450. The Kier molecular flexibility index (Phi) is 3.95. The van der Waals surface area contributed by atoms with Crippen molar-refractivity contribution in [3.05, 3.63) is 25.3 Å². The molecule has 0 bridgehead atoms. The topological polar surface area (TPSA) is 37.3 Å². The fraction of sp³-hybridized carbons (Fsp3) is 0.333. The lowest BCUT2D eigenvalue weighted by Gasteiger charge is -2.10. The first-order chi connectivity index (χ1) is 4.54. The third-order valence-corrected chi connectivity index (χ3v) is 3.83. The van der Waals surface area contributed by atoms with Crippen molar-refractivity contribution in [1.82, 2.24) is 0 Å². The van der Waals surface area contributed by atoms with E-state index in [9.17, 15) is 4.57 Å². The van der Waals surface area contributed by atoms with Crippen molar-refractivity contribution < 1.29 is 9.46 Å². The van der Waals surface area contributed by atoms with Crippen LogP contribution in [0, 0.1) is 0 Å². The molecule has 0 aromatic heterocycles. The number of allylic oxidation sites excluding steroid dienone is 2. The highest BCUT2D eigenvalue weighted by Gasteiger charge is 2.24. The Morgan fingerprint density at radius 1 is 1.70 bits per heavy atom. The van der Waals surface area contributed by atoms with Crippen molar-refractivity contribution in [3.8, 4) is 0 Å².